The maximum Gasteiger partial charge on any atom is 0.315 e. The van der Waals surface area contributed by atoms with Gasteiger partial charge in [-0.3, -0.25) is 4.39 Å². The quantitative estimate of drug-likeness (QED) is 0.553. The molecule has 1 atom stereocenters. The predicted molar refractivity (Wildman–Crippen MR) is 94.4 cm³/mol. The van der Waals surface area contributed by atoms with E-state index in [-0.39, 0.29) is 6.67 Å². The minimum atomic E-state index is -2.36. The zero-order chi connectivity index (χ0) is 16.2. The van der Waals surface area contributed by atoms with Crippen LogP contribution in [0.2, 0.25) is 65.0 Å². The Morgan fingerprint density at radius 1 is 0.700 bits per heavy atom. The summed E-state index contributed by atoms with van der Waals surface area (Å²) in [6.45, 7) is 18.9. The maximum absolute atomic E-state index is 12.6. The second-order valence-corrected chi connectivity index (χ2v) is 24.3. The molecule has 3 nitrogen and oxygen atoms in total. The maximum atomic E-state index is 12.6. The molecule has 0 rings (SSSR count). The highest BCUT2D eigenvalue weighted by molar-refractivity contribution is 6.89. The fourth-order valence-electron chi connectivity index (χ4n) is 2.44. The smallest absolute Gasteiger partial charge is 0.315 e. The Balaban J connectivity index is 4.96. The molecule has 0 aliphatic heterocycles. The highest BCUT2D eigenvalue weighted by Gasteiger charge is 2.44. The van der Waals surface area contributed by atoms with Gasteiger partial charge >= 0.3 is 17.1 Å². The molecule has 0 aliphatic carbocycles. The van der Waals surface area contributed by atoms with Gasteiger partial charge in [0.2, 0.25) is 0 Å². The lowest BCUT2D eigenvalue weighted by Gasteiger charge is -2.41. The van der Waals surface area contributed by atoms with Crippen LogP contribution in [0.5, 0.6) is 0 Å². The number of hydrogen-bond acceptors (Lipinski definition) is 3. The van der Waals surface area contributed by atoms with Gasteiger partial charge in [0.05, 0.1) is 6.67 Å². The van der Waals surface area contributed by atoms with Crippen LogP contribution in [0.3, 0.4) is 0 Å². The van der Waals surface area contributed by atoms with Crippen molar-refractivity contribution >= 4 is 33.8 Å². The normalized spacial score (nSPS) is 17.1. The Labute approximate surface area is 129 Å². The monoisotopic (exact) mass is 356 g/mol. The van der Waals surface area contributed by atoms with Crippen LogP contribution in [-0.4, -0.2) is 40.4 Å². The topological polar surface area (TPSA) is 27.7 Å². The Hall–Kier alpha value is 0.678. The van der Waals surface area contributed by atoms with Gasteiger partial charge in [0, 0.05) is 0 Å². The Bertz CT molecular complexity index is 302. The van der Waals surface area contributed by atoms with E-state index in [1.807, 2.05) is 0 Å². The van der Waals surface area contributed by atoms with Crippen LogP contribution in [-0.2, 0) is 12.3 Å². The van der Waals surface area contributed by atoms with E-state index in [2.05, 4.69) is 58.9 Å². The number of alkyl halides is 1. The Morgan fingerprint density at radius 3 is 1.50 bits per heavy atom. The SMILES string of the molecule is C[Si](C)(C)O[Si](C)(C)O[Si](C)(CCCF)O[Si](C)(C)C. The highest BCUT2D eigenvalue weighted by atomic mass is 28.5. The lowest BCUT2D eigenvalue weighted by Crippen LogP contribution is -2.56. The number of hydrogen-bond donors (Lipinski definition) is 0. The van der Waals surface area contributed by atoms with Crippen LogP contribution in [0.4, 0.5) is 4.39 Å². The second-order valence-electron chi connectivity index (χ2n) is 7.86. The fourth-order valence-corrected chi connectivity index (χ4v) is 20.4. The van der Waals surface area contributed by atoms with E-state index in [1.54, 1.807) is 0 Å². The van der Waals surface area contributed by atoms with Crippen molar-refractivity contribution in [3.63, 3.8) is 0 Å². The molecule has 0 N–H and O–H groups in total. The highest BCUT2D eigenvalue weighted by Crippen LogP contribution is 2.27. The molecule has 20 heavy (non-hydrogen) atoms. The summed E-state index contributed by atoms with van der Waals surface area (Å²) in [4.78, 5) is 0. The van der Waals surface area contributed by atoms with E-state index >= 15 is 0 Å². The van der Waals surface area contributed by atoms with Crippen molar-refractivity contribution in [2.24, 2.45) is 0 Å². The molecule has 0 bridgehead atoms. The van der Waals surface area contributed by atoms with Crippen molar-refractivity contribution in [1.29, 1.82) is 0 Å². The third-order valence-corrected chi connectivity index (χ3v) is 15.8. The van der Waals surface area contributed by atoms with Crippen molar-refractivity contribution < 1.29 is 16.7 Å². The van der Waals surface area contributed by atoms with Crippen LogP contribution >= 0.6 is 0 Å². The summed E-state index contributed by atoms with van der Waals surface area (Å²) >= 11 is 0. The Morgan fingerprint density at radius 2 is 1.15 bits per heavy atom. The molecule has 0 aromatic heterocycles. The van der Waals surface area contributed by atoms with Gasteiger partial charge in [-0.05, 0) is 71.4 Å². The molecular weight excluding hydrogens is 323 g/mol. The molecule has 0 heterocycles. The van der Waals surface area contributed by atoms with Gasteiger partial charge in [-0.1, -0.05) is 0 Å². The lowest BCUT2D eigenvalue weighted by atomic mass is 10.6. The van der Waals surface area contributed by atoms with E-state index in [0.717, 1.165) is 0 Å². The summed E-state index contributed by atoms with van der Waals surface area (Å²) in [6, 6.07) is 0.708. The molecule has 122 valence electrons. The average molecular weight is 357 g/mol. The minimum absolute atomic E-state index is 0.308. The van der Waals surface area contributed by atoms with Crippen LogP contribution in [0.25, 0.3) is 0 Å². The van der Waals surface area contributed by atoms with E-state index in [0.29, 0.717) is 12.5 Å². The van der Waals surface area contributed by atoms with Gasteiger partial charge in [-0.25, -0.2) is 0 Å². The molecular formula is C12H33FO3Si4. The molecule has 0 fully saturated rings. The molecule has 0 aromatic rings. The van der Waals surface area contributed by atoms with Gasteiger partial charge in [0.25, 0.3) is 0 Å². The summed E-state index contributed by atoms with van der Waals surface area (Å²) in [6.07, 6.45) is 0.518. The zero-order valence-electron chi connectivity index (χ0n) is 14.7. The van der Waals surface area contributed by atoms with Crippen molar-refractivity contribution in [3.05, 3.63) is 0 Å². The van der Waals surface area contributed by atoms with E-state index in [4.69, 9.17) is 12.3 Å². The molecule has 1 unspecified atom stereocenters. The first kappa shape index (κ1) is 20.7. The van der Waals surface area contributed by atoms with Crippen LogP contribution in [0, 0.1) is 0 Å². The molecule has 0 aliphatic rings. The molecule has 0 radical (unpaired) electrons. The molecule has 0 spiro atoms. The summed E-state index contributed by atoms with van der Waals surface area (Å²) in [5, 5.41) is 0. The number of halogens is 1. The van der Waals surface area contributed by atoms with Crippen molar-refractivity contribution in [3.8, 4) is 0 Å². The molecule has 0 saturated heterocycles. The fraction of sp³-hybridized carbons (Fsp3) is 1.00. The van der Waals surface area contributed by atoms with Gasteiger partial charge < -0.3 is 12.3 Å². The third kappa shape index (κ3) is 10.4. The summed E-state index contributed by atoms with van der Waals surface area (Å²) in [5.74, 6) is 0. The molecule has 0 aromatic carbocycles. The second kappa shape index (κ2) is 7.29. The van der Waals surface area contributed by atoms with Crippen molar-refractivity contribution in [1.82, 2.24) is 0 Å². The molecule has 0 amide bonds. The molecule has 0 saturated carbocycles. The lowest BCUT2D eigenvalue weighted by molar-refractivity contribution is 0.319. The summed E-state index contributed by atoms with van der Waals surface area (Å²) < 4.78 is 31.6. The van der Waals surface area contributed by atoms with E-state index in [1.165, 1.54) is 0 Å². The Kier molecular flexibility index (Phi) is 7.54. The standard InChI is InChI=1S/C12H33FO3Si4/c1-17(2,3)14-19(7,8)16-20(9,12-10-11-13)15-18(4,5)6/h10-12H2,1-9H3. The predicted octanol–water partition coefficient (Wildman–Crippen LogP) is 4.84. The van der Waals surface area contributed by atoms with Gasteiger partial charge in [0.15, 0.2) is 16.6 Å². The molecule has 8 heteroatoms. The average Bonchev–Trinajstić information content (AvgIpc) is 2.05. The minimum Gasteiger partial charge on any atom is -0.437 e. The third-order valence-electron chi connectivity index (χ3n) is 2.30. The first-order valence-electron chi connectivity index (χ1n) is 7.35. The first-order valence-corrected chi connectivity index (χ1v) is 19.5. The summed E-state index contributed by atoms with van der Waals surface area (Å²) in [5.41, 5.74) is 0. The van der Waals surface area contributed by atoms with Gasteiger partial charge in [-0.15, -0.1) is 0 Å². The van der Waals surface area contributed by atoms with Crippen LogP contribution < -0.4 is 0 Å². The van der Waals surface area contributed by atoms with Crippen LogP contribution in [0.15, 0.2) is 0 Å². The summed E-state index contributed by atoms with van der Waals surface area (Å²) in [7, 11) is -7.94. The van der Waals surface area contributed by atoms with Gasteiger partial charge in [0.1, 0.15) is 0 Å². The number of rotatable bonds is 9. The van der Waals surface area contributed by atoms with E-state index < -0.39 is 33.8 Å². The first-order chi connectivity index (χ1) is 8.68. The van der Waals surface area contributed by atoms with Crippen LogP contribution in [0.1, 0.15) is 6.42 Å². The van der Waals surface area contributed by atoms with Crippen molar-refractivity contribution in [2.45, 2.75) is 71.4 Å². The van der Waals surface area contributed by atoms with Gasteiger partial charge in [-0.2, -0.15) is 0 Å². The van der Waals surface area contributed by atoms with Crippen molar-refractivity contribution in [2.75, 3.05) is 6.67 Å². The van der Waals surface area contributed by atoms with E-state index in [9.17, 15) is 4.39 Å². The zero-order valence-corrected chi connectivity index (χ0v) is 18.7. The largest absolute Gasteiger partial charge is 0.437 e.